The highest BCUT2D eigenvalue weighted by molar-refractivity contribution is 7.98. The van der Waals surface area contributed by atoms with Crippen molar-refractivity contribution in [3.63, 3.8) is 0 Å². The van der Waals surface area contributed by atoms with E-state index in [1.165, 1.54) is 18.2 Å². The maximum atomic E-state index is 5.98. The number of halogens is 1. The van der Waals surface area contributed by atoms with Crippen LogP contribution in [0.1, 0.15) is 33.6 Å². The summed E-state index contributed by atoms with van der Waals surface area (Å²) < 4.78 is 0. The van der Waals surface area contributed by atoms with Gasteiger partial charge in [0.05, 0.1) is 0 Å². The second-order valence-corrected chi connectivity index (χ2v) is 5.94. The van der Waals surface area contributed by atoms with Crippen molar-refractivity contribution in [3.8, 4) is 0 Å². The Morgan fingerprint density at radius 2 is 2.05 bits per heavy atom. The highest BCUT2D eigenvalue weighted by Gasteiger charge is 2.07. The summed E-state index contributed by atoms with van der Waals surface area (Å²) >= 11 is 7.48. The van der Waals surface area contributed by atoms with E-state index >= 15 is 0 Å². The van der Waals surface area contributed by atoms with Gasteiger partial charge in [0.15, 0.2) is 5.16 Å². The summed E-state index contributed by atoms with van der Waals surface area (Å²) in [5.41, 5.74) is 0. The van der Waals surface area contributed by atoms with E-state index < -0.39 is 0 Å². The van der Waals surface area contributed by atoms with Gasteiger partial charge >= 0.3 is 0 Å². The first-order valence-corrected chi connectivity index (χ1v) is 8.76. The fraction of sp³-hybridized carbons (Fsp3) is 0.714. The number of aromatic nitrogens is 2. The highest BCUT2D eigenvalue weighted by atomic mass is 35.5. The maximum absolute atomic E-state index is 5.98. The van der Waals surface area contributed by atoms with E-state index in [-0.39, 0.29) is 0 Å². The standard InChI is InChI=1S/C14H25ClN4S/c1-5-19(6-2)9-7-8-11(3)16-13-10-12(15)17-14(18-13)20-4/h10-11H,5-9H2,1-4H3,(H,16,17,18). The van der Waals surface area contributed by atoms with Crippen LogP contribution < -0.4 is 5.32 Å². The van der Waals surface area contributed by atoms with Crippen LogP contribution in [0.25, 0.3) is 0 Å². The largest absolute Gasteiger partial charge is 0.367 e. The number of hydrogen-bond acceptors (Lipinski definition) is 5. The van der Waals surface area contributed by atoms with Gasteiger partial charge in [-0.15, -0.1) is 0 Å². The van der Waals surface area contributed by atoms with Crippen molar-refractivity contribution in [1.82, 2.24) is 14.9 Å². The molecule has 0 radical (unpaired) electrons. The first-order valence-electron chi connectivity index (χ1n) is 7.16. The van der Waals surface area contributed by atoms with Crippen LogP contribution in [-0.4, -0.2) is 46.8 Å². The van der Waals surface area contributed by atoms with Gasteiger partial charge in [-0.3, -0.25) is 0 Å². The van der Waals surface area contributed by atoms with Crippen molar-refractivity contribution in [2.45, 2.75) is 44.8 Å². The fourth-order valence-corrected chi connectivity index (χ4v) is 2.66. The van der Waals surface area contributed by atoms with Gasteiger partial charge in [-0.1, -0.05) is 37.2 Å². The van der Waals surface area contributed by atoms with Gasteiger partial charge in [0, 0.05) is 12.1 Å². The van der Waals surface area contributed by atoms with Crippen molar-refractivity contribution in [2.24, 2.45) is 0 Å². The molecule has 0 fully saturated rings. The van der Waals surface area contributed by atoms with Gasteiger partial charge in [0.2, 0.25) is 0 Å². The van der Waals surface area contributed by atoms with Crippen LogP contribution in [0.2, 0.25) is 5.15 Å². The molecule has 0 aliphatic carbocycles. The molecular formula is C14H25ClN4S. The Kier molecular flexibility index (Phi) is 8.26. The second-order valence-electron chi connectivity index (χ2n) is 4.78. The first-order chi connectivity index (χ1) is 9.58. The Morgan fingerprint density at radius 1 is 1.35 bits per heavy atom. The van der Waals surface area contributed by atoms with Crippen LogP contribution in [0.15, 0.2) is 11.2 Å². The molecule has 4 nitrogen and oxygen atoms in total. The molecule has 0 aliphatic rings. The molecule has 114 valence electrons. The van der Waals surface area contributed by atoms with Gasteiger partial charge in [0.25, 0.3) is 0 Å². The molecule has 0 amide bonds. The summed E-state index contributed by atoms with van der Waals surface area (Å²) in [5, 5.41) is 4.59. The lowest BCUT2D eigenvalue weighted by Gasteiger charge is -2.20. The Balaban J connectivity index is 2.42. The molecule has 1 heterocycles. The molecule has 1 atom stereocenters. The van der Waals surface area contributed by atoms with E-state index in [1.807, 2.05) is 6.26 Å². The van der Waals surface area contributed by atoms with Crippen LogP contribution in [-0.2, 0) is 0 Å². The monoisotopic (exact) mass is 316 g/mol. The van der Waals surface area contributed by atoms with Crippen molar-refractivity contribution < 1.29 is 0 Å². The zero-order valence-corrected chi connectivity index (χ0v) is 14.4. The fourth-order valence-electron chi connectivity index (χ4n) is 2.05. The summed E-state index contributed by atoms with van der Waals surface area (Å²) in [6.07, 6.45) is 4.25. The van der Waals surface area contributed by atoms with Crippen molar-refractivity contribution >= 4 is 29.2 Å². The average molecular weight is 317 g/mol. The highest BCUT2D eigenvalue weighted by Crippen LogP contribution is 2.18. The van der Waals surface area contributed by atoms with Crippen molar-refractivity contribution in [3.05, 3.63) is 11.2 Å². The molecule has 6 heteroatoms. The number of nitrogens with one attached hydrogen (secondary N) is 1. The number of nitrogens with zero attached hydrogens (tertiary/aromatic N) is 3. The Morgan fingerprint density at radius 3 is 2.65 bits per heavy atom. The Bertz CT molecular complexity index is 399. The lowest BCUT2D eigenvalue weighted by molar-refractivity contribution is 0.295. The maximum Gasteiger partial charge on any atom is 0.190 e. The quantitative estimate of drug-likeness (QED) is 0.426. The van der Waals surface area contributed by atoms with Gasteiger partial charge in [-0.2, -0.15) is 0 Å². The number of thioether (sulfide) groups is 1. The van der Waals surface area contributed by atoms with Gasteiger partial charge < -0.3 is 10.2 Å². The summed E-state index contributed by atoms with van der Waals surface area (Å²) in [5.74, 6) is 0.810. The average Bonchev–Trinajstić information content (AvgIpc) is 2.42. The summed E-state index contributed by atoms with van der Waals surface area (Å²) in [4.78, 5) is 11.0. The Hall–Kier alpha value is -0.520. The predicted molar refractivity (Wildman–Crippen MR) is 88.9 cm³/mol. The topological polar surface area (TPSA) is 41.0 Å². The van der Waals surface area contributed by atoms with Crippen LogP contribution >= 0.6 is 23.4 Å². The SMILES string of the molecule is CCN(CC)CCCC(C)Nc1cc(Cl)nc(SC)n1. The molecule has 1 aromatic heterocycles. The summed E-state index contributed by atoms with van der Waals surface area (Å²) in [7, 11) is 0. The molecule has 0 aliphatic heterocycles. The molecule has 0 saturated heterocycles. The Labute approximate surface area is 131 Å². The normalized spacial score (nSPS) is 12.7. The lowest BCUT2D eigenvalue weighted by atomic mass is 10.1. The zero-order chi connectivity index (χ0) is 15.0. The van der Waals surface area contributed by atoms with Crippen molar-refractivity contribution in [1.29, 1.82) is 0 Å². The molecule has 1 unspecified atom stereocenters. The first kappa shape index (κ1) is 17.5. The van der Waals surface area contributed by atoms with E-state index in [0.29, 0.717) is 16.4 Å². The molecule has 0 spiro atoms. The molecule has 0 bridgehead atoms. The third-order valence-electron chi connectivity index (χ3n) is 3.26. The lowest BCUT2D eigenvalue weighted by Crippen LogP contribution is -2.25. The van der Waals surface area contributed by atoms with Crippen molar-refractivity contribution in [2.75, 3.05) is 31.2 Å². The minimum Gasteiger partial charge on any atom is -0.367 e. The second kappa shape index (κ2) is 9.42. The summed E-state index contributed by atoms with van der Waals surface area (Å²) in [6, 6.07) is 2.16. The van der Waals surface area contributed by atoms with E-state index in [4.69, 9.17) is 11.6 Å². The van der Waals surface area contributed by atoms with Gasteiger partial charge in [-0.05, 0) is 45.7 Å². The van der Waals surface area contributed by atoms with Crippen LogP contribution in [0.5, 0.6) is 0 Å². The zero-order valence-electron chi connectivity index (χ0n) is 12.8. The number of anilines is 1. The molecule has 1 rings (SSSR count). The molecular weight excluding hydrogens is 292 g/mol. The van der Waals surface area contributed by atoms with Crippen LogP contribution in [0.3, 0.4) is 0 Å². The smallest absolute Gasteiger partial charge is 0.190 e. The molecule has 0 aromatic carbocycles. The van der Waals surface area contributed by atoms with Crippen LogP contribution in [0, 0.1) is 0 Å². The number of rotatable bonds is 9. The molecule has 0 saturated carbocycles. The number of hydrogen-bond donors (Lipinski definition) is 1. The van der Waals surface area contributed by atoms with E-state index in [0.717, 1.165) is 31.9 Å². The van der Waals surface area contributed by atoms with Gasteiger partial charge in [-0.25, -0.2) is 9.97 Å². The minimum atomic E-state index is 0.381. The van der Waals surface area contributed by atoms with Gasteiger partial charge in [0.1, 0.15) is 11.0 Å². The molecule has 1 aromatic rings. The van der Waals surface area contributed by atoms with Crippen LogP contribution in [0.4, 0.5) is 5.82 Å². The third kappa shape index (κ3) is 6.29. The summed E-state index contributed by atoms with van der Waals surface area (Å²) in [6.45, 7) is 9.99. The third-order valence-corrected chi connectivity index (χ3v) is 4.00. The van der Waals surface area contributed by atoms with E-state index in [9.17, 15) is 0 Å². The minimum absolute atomic E-state index is 0.381. The molecule has 20 heavy (non-hydrogen) atoms. The predicted octanol–water partition coefficient (Wildman–Crippen LogP) is 3.77. The van der Waals surface area contributed by atoms with E-state index in [2.05, 4.69) is 41.0 Å². The van der Waals surface area contributed by atoms with E-state index in [1.54, 1.807) is 6.07 Å². The molecule has 1 N–H and O–H groups in total.